The minimum atomic E-state index is -0.920. The predicted molar refractivity (Wildman–Crippen MR) is 136 cm³/mol. The summed E-state index contributed by atoms with van der Waals surface area (Å²) in [5.74, 6) is 0.985. The first-order valence-corrected chi connectivity index (χ1v) is 12.2. The molecule has 194 valence electrons. The fourth-order valence-corrected chi connectivity index (χ4v) is 4.21. The van der Waals surface area contributed by atoms with Gasteiger partial charge in [-0.1, -0.05) is 18.2 Å². The van der Waals surface area contributed by atoms with Crippen LogP contribution in [0.2, 0.25) is 0 Å². The van der Waals surface area contributed by atoms with Crippen LogP contribution in [0.4, 0.5) is 5.69 Å². The quantitative estimate of drug-likeness (QED) is 0.252. The van der Waals surface area contributed by atoms with Crippen molar-refractivity contribution in [3.05, 3.63) is 53.6 Å². The molecular weight excluding hydrogens is 448 g/mol. The summed E-state index contributed by atoms with van der Waals surface area (Å²) in [4.78, 5) is 0. The van der Waals surface area contributed by atoms with Crippen LogP contribution in [0.1, 0.15) is 37.3 Å². The van der Waals surface area contributed by atoms with Crippen LogP contribution < -0.4 is 15.4 Å². The minimum Gasteiger partial charge on any atom is -0.506 e. The maximum atomic E-state index is 10.2. The van der Waals surface area contributed by atoms with E-state index >= 15 is 0 Å². The molecule has 3 atom stereocenters. The Kier molecular flexibility index (Phi) is 10.2. The van der Waals surface area contributed by atoms with Crippen molar-refractivity contribution in [1.29, 1.82) is 0 Å². The first-order chi connectivity index (χ1) is 16.8. The van der Waals surface area contributed by atoms with Crippen LogP contribution in [0.15, 0.2) is 42.5 Å². The van der Waals surface area contributed by atoms with Gasteiger partial charge in [0, 0.05) is 39.3 Å². The Morgan fingerprint density at radius 1 is 1.03 bits per heavy atom. The van der Waals surface area contributed by atoms with E-state index in [1.807, 2.05) is 36.4 Å². The Labute approximate surface area is 208 Å². The molecule has 0 saturated carbocycles. The Morgan fingerprint density at radius 2 is 1.74 bits per heavy atom. The number of phenols is 1. The van der Waals surface area contributed by atoms with Gasteiger partial charge in [-0.3, -0.25) is 0 Å². The smallest absolute Gasteiger partial charge is 0.138 e. The molecule has 0 radical (unpaired) electrons. The van der Waals surface area contributed by atoms with Crippen LogP contribution in [-0.2, 0) is 20.8 Å². The van der Waals surface area contributed by atoms with Crippen molar-refractivity contribution in [3.8, 4) is 11.5 Å². The third kappa shape index (κ3) is 8.37. The number of phenolic OH excluding ortho intramolecular Hbond substituents is 1. The summed E-state index contributed by atoms with van der Waals surface area (Å²) in [6, 6.07) is 13.5. The molecule has 0 bridgehead atoms. The minimum absolute atomic E-state index is 0.0201. The molecule has 1 aliphatic heterocycles. The lowest BCUT2D eigenvalue weighted by atomic mass is 9.85. The molecule has 1 heterocycles. The maximum Gasteiger partial charge on any atom is 0.138 e. The van der Waals surface area contributed by atoms with E-state index in [4.69, 9.17) is 18.9 Å². The standard InChI is InChI=1S/C27H40N2O6/c1-27(2,31)18-35-25-16-28-15-24(26(25)20-7-9-21(33-4)10-8-20)34-17-19-6-11-23(30)22(14-19)29-12-5-13-32-3/h6-11,14,24-26,28-31H,5,12-13,15-18H2,1-4H3/t24-,25+,26+/m0/s1. The fourth-order valence-electron chi connectivity index (χ4n) is 4.21. The molecule has 0 amide bonds. The van der Waals surface area contributed by atoms with E-state index in [1.165, 1.54) is 0 Å². The highest BCUT2D eigenvalue weighted by Crippen LogP contribution is 2.33. The predicted octanol–water partition coefficient (Wildman–Crippen LogP) is 3.28. The van der Waals surface area contributed by atoms with Crippen LogP contribution in [0.25, 0.3) is 0 Å². The number of hydrogen-bond acceptors (Lipinski definition) is 8. The molecule has 8 heteroatoms. The first-order valence-electron chi connectivity index (χ1n) is 12.2. The highest BCUT2D eigenvalue weighted by atomic mass is 16.5. The molecule has 0 aliphatic carbocycles. The topological polar surface area (TPSA) is 101 Å². The zero-order chi connectivity index (χ0) is 25.3. The number of hydrogen-bond donors (Lipinski definition) is 4. The fraction of sp³-hybridized carbons (Fsp3) is 0.556. The van der Waals surface area contributed by atoms with Gasteiger partial charge in [-0.15, -0.1) is 0 Å². The highest BCUT2D eigenvalue weighted by molar-refractivity contribution is 5.57. The lowest BCUT2D eigenvalue weighted by Gasteiger charge is -2.39. The van der Waals surface area contributed by atoms with Gasteiger partial charge < -0.3 is 39.8 Å². The molecule has 0 unspecified atom stereocenters. The summed E-state index contributed by atoms with van der Waals surface area (Å²) in [6.45, 7) is 6.82. The van der Waals surface area contributed by atoms with E-state index in [0.717, 1.165) is 23.3 Å². The summed E-state index contributed by atoms with van der Waals surface area (Å²) in [5, 5.41) is 27.1. The molecule has 4 N–H and O–H groups in total. The van der Waals surface area contributed by atoms with Crippen molar-refractivity contribution in [2.45, 2.75) is 50.6 Å². The van der Waals surface area contributed by atoms with Gasteiger partial charge in [0.25, 0.3) is 0 Å². The van der Waals surface area contributed by atoms with Gasteiger partial charge in [0.2, 0.25) is 0 Å². The van der Waals surface area contributed by atoms with Crippen LogP contribution in [0.3, 0.4) is 0 Å². The van der Waals surface area contributed by atoms with E-state index in [9.17, 15) is 10.2 Å². The van der Waals surface area contributed by atoms with Crippen molar-refractivity contribution in [1.82, 2.24) is 5.32 Å². The van der Waals surface area contributed by atoms with Gasteiger partial charge in [-0.05, 0) is 55.7 Å². The van der Waals surface area contributed by atoms with E-state index in [1.54, 1.807) is 34.1 Å². The van der Waals surface area contributed by atoms with Crippen LogP contribution in [0, 0.1) is 0 Å². The zero-order valence-corrected chi connectivity index (χ0v) is 21.3. The van der Waals surface area contributed by atoms with E-state index < -0.39 is 5.60 Å². The van der Waals surface area contributed by atoms with Crippen LogP contribution in [0.5, 0.6) is 11.5 Å². The Hall–Kier alpha value is -2.36. The Balaban J connectivity index is 1.73. The van der Waals surface area contributed by atoms with Gasteiger partial charge in [0.05, 0.1) is 43.8 Å². The SMILES string of the molecule is COCCCNc1cc(CO[C@H]2CNC[C@@H](OCC(C)(C)O)[C@@H]2c2ccc(OC)cc2)ccc1O. The molecule has 2 aromatic rings. The number of nitrogens with one attached hydrogen (secondary N) is 2. The number of ether oxygens (including phenoxy) is 4. The Morgan fingerprint density at radius 3 is 2.40 bits per heavy atom. The lowest BCUT2D eigenvalue weighted by Crippen LogP contribution is -2.51. The van der Waals surface area contributed by atoms with Crippen LogP contribution in [-0.4, -0.2) is 75.1 Å². The number of piperidine rings is 1. The zero-order valence-electron chi connectivity index (χ0n) is 21.3. The monoisotopic (exact) mass is 488 g/mol. The number of rotatable bonds is 13. The number of anilines is 1. The molecule has 1 saturated heterocycles. The third-order valence-corrected chi connectivity index (χ3v) is 6.01. The average molecular weight is 489 g/mol. The second-order valence-electron chi connectivity index (χ2n) is 9.59. The normalized spacial score (nSPS) is 20.5. The summed E-state index contributed by atoms with van der Waals surface area (Å²) < 4.78 is 23.0. The van der Waals surface area contributed by atoms with Crippen molar-refractivity contribution in [2.75, 3.05) is 52.4 Å². The van der Waals surface area contributed by atoms with Gasteiger partial charge in [0.1, 0.15) is 11.5 Å². The van der Waals surface area contributed by atoms with Gasteiger partial charge in [-0.25, -0.2) is 0 Å². The largest absolute Gasteiger partial charge is 0.506 e. The van der Waals surface area contributed by atoms with Gasteiger partial charge >= 0.3 is 0 Å². The number of benzene rings is 2. The maximum absolute atomic E-state index is 10.2. The third-order valence-electron chi connectivity index (χ3n) is 6.01. The Bertz CT molecular complexity index is 900. The molecule has 8 nitrogen and oxygen atoms in total. The van der Waals surface area contributed by atoms with E-state index in [2.05, 4.69) is 10.6 Å². The first kappa shape index (κ1) is 27.2. The highest BCUT2D eigenvalue weighted by Gasteiger charge is 2.37. The molecule has 3 rings (SSSR count). The molecule has 35 heavy (non-hydrogen) atoms. The van der Waals surface area contributed by atoms with Crippen molar-refractivity contribution in [3.63, 3.8) is 0 Å². The van der Waals surface area contributed by atoms with Gasteiger partial charge in [-0.2, -0.15) is 0 Å². The van der Waals surface area contributed by atoms with Crippen LogP contribution >= 0.6 is 0 Å². The molecule has 0 aromatic heterocycles. The van der Waals surface area contributed by atoms with Crippen molar-refractivity contribution in [2.24, 2.45) is 0 Å². The summed E-state index contributed by atoms with van der Waals surface area (Å²) in [6.07, 6.45) is 0.544. The number of aliphatic hydroxyl groups is 1. The average Bonchev–Trinajstić information content (AvgIpc) is 2.85. The molecule has 1 fully saturated rings. The number of aromatic hydroxyl groups is 1. The second-order valence-corrected chi connectivity index (χ2v) is 9.59. The molecule has 2 aromatic carbocycles. The van der Waals surface area contributed by atoms with E-state index in [-0.39, 0.29) is 30.5 Å². The van der Waals surface area contributed by atoms with Gasteiger partial charge in [0.15, 0.2) is 0 Å². The van der Waals surface area contributed by atoms with E-state index in [0.29, 0.717) is 38.5 Å². The summed E-state index contributed by atoms with van der Waals surface area (Å²) in [7, 11) is 3.33. The molecular formula is C27H40N2O6. The summed E-state index contributed by atoms with van der Waals surface area (Å²) >= 11 is 0. The second kappa shape index (κ2) is 13.1. The van der Waals surface area contributed by atoms with Crippen molar-refractivity contribution >= 4 is 5.69 Å². The lowest BCUT2D eigenvalue weighted by molar-refractivity contribution is -0.0964. The summed E-state index contributed by atoms with van der Waals surface area (Å²) in [5.41, 5.74) is 1.83. The molecule has 1 aliphatic rings. The molecule has 0 spiro atoms. The van der Waals surface area contributed by atoms with Crippen molar-refractivity contribution < 1.29 is 29.2 Å². The number of methoxy groups -OCH3 is 2.